The molecule has 1 aliphatic carbocycles. The van der Waals surface area contributed by atoms with Gasteiger partial charge < -0.3 is 20.1 Å². The monoisotopic (exact) mass is 492 g/mol. The molecule has 4 rings (SSSR count). The number of hydrogen-bond acceptors (Lipinski definition) is 8. The SMILES string of the molecule is CCOC(=O)c1c(NC(=O)COc2cccc(NC(=O)C3CC3)c2)sc2c1CCS(=O)(=O)C2. The molecule has 0 unspecified atom stereocenters. The number of esters is 1. The van der Waals surface area contributed by atoms with Crippen molar-refractivity contribution in [3.8, 4) is 5.75 Å². The van der Waals surface area contributed by atoms with Crippen molar-refractivity contribution in [3.63, 3.8) is 0 Å². The summed E-state index contributed by atoms with van der Waals surface area (Å²) >= 11 is 1.07. The standard InChI is InChI=1S/C22H24N2O7S2/c1-2-30-22(27)19-16-8-9-33(28,29)12-17(16)32-21(19)24-18(25)11-31-15-5-3-4-14(10-15)23-20(26)13-6-7-13/h3-5,10,13H,2,6-9,11-12H2,1H3,(H,23,26)(H,24,25). The van der Waals surface area contributed by atoms with E-state index in [1.165, 1.54) is 0 Å². The summed E-state index contributed by atoms with van der Waals surface area (Å²) in [5.74, 6) is -0.862. The van der Waals surface area contributed by atoms with Crippen LogP contribution in [0.4, 0.5) is 10.7 Å². The molecule has 0 radical (unpaired) electrons. The lowest BCUT2D eigenvalue weighted by Gasteiger charge is -2.13. The third-order valence-corrected chi connectivity index (χ3v) is 8.14. The first kappa shape index (κ1) is 23.2. The zero-order chi connectivity index (χ0) is 23.6. The van der Waals surface area contributed by atoms with Gasteiger partial charge >= 0.3 is 5.97 Å². The average molecular weight is 493 g/mol. The second-order valence-corrected chi connectivity index (χ2v) is 11.2. The summed E-state index contributed by atoms with van der Waals surface area (Å²) in [5, 5.41) is 5.74. The molecule has 0 spiro atoms. The van der Waals surface area contributed by atoms with Crippen molar-refractivity contribution in [1.29, 1.82) is 0 Å². The first-order chi connectivity index (χ1) is 15.8. The van der Waals surface area contributed by atoms with E-state index in [1.54, 1.807) is 31.2 Å². The maximum Gasteiger partial charge on any atom is 0.341 e. The first-order valence-electron chi connectivity index (χ1n) is 10.6. The van der Waals surface area contributed by atoms with Gasteiger partial charge in [-0.2, -0.15) is 0 Å². The van der Waals surface area contributed by atoms with Gasteiger partial charge in [0.05, 0.1) is 23.7 Å². The predicted molar refractivity (Wildman–Crippen MR) is 123 cm³/mol. The molecule has 2 heterocycles. The predicted octanol–water partition coefficient (Wildman–Crippen LogP) is 2.76. The van der Waals surface area contributed by atoms with Crippen LogP contribution in [0.5, 0.6) is 5.75 Å². The summed E-state index contributed by atoms with van der Waals surface area (Å²) < 4.78 is 34.7. The summed E-state index contributed by atoms with van der Waals surface area (Å²) in [6.07, 6.45) is 2.00. The fraction of sp³-hybridized carbons (Fsp3) is 0.409. The van der Waals surface area contributed by atoms with Crippen molar-refractivity contribution in [2.45, 2.75) is 31.9 Å². The number of amides is 2. The van der Waals surface area contributed by atoms with Crippen LogP contribution < -0.4 is 15.4 Å². The van der Waals surface area contributed by atoms with Gasteiger partial charge in [0.25, 0.3) is 5.91 Å². The summed E-state index contributed by atoms with van der Waals surface area (Å²) in [7, 11) is -3.24. The topological polar surface area (TPSA) is 128 Å². The average Bonchev–Trinajstić information content (AvgIpc) is 3.55. The number of carbonyl (C=O) groups excluding carboxylic acids is 3. The van der Waals surface area contributed by atoms with Crippen LogP contribution in [-0.4, -0.2) is 45.2 Å². The molecule has 2 aromatic rings. The maximum atomic E-state index is 12.5. The van der Waals surface area contributed by atoms with E-state index < -0.39 is 21.7 Å². The molecule has 0 saturated heterocycles. The summed E-state index contributed by atoms with van der Waals surface area (Å²) in [4.78, 5) is 37.5. The van der Waals surface area contributed by atoms with Crippen LogP contribution >= 0.6 is 11.3 Å². The number of carbonyl (C=O) groups is 3. The fourth-order valence-electron chi connectivity index (χ4n) is 3.50. The Balaban J connectivity index is 1.43. The van der Waals surface area contributed by atoms with Gasteiger partial charge in [0.15, 0.2) is 16.4 Å². The van der Waals surface area contributed by atoms with Gasteiger partial charge in [-0.3, -0.25) is 9.59 Å². The van der Waals surface area contributed by atoms with Gasteiger partial charge in [0.1, 0.15) is 10.8 Å². The van der Waals surface area contributed by atoms with Crippen LogP contribution in [0.15, 0.2) is 24.3 Å². The lowest BCUT2D eigenvalue weighted by molar-refractivity contribution is -0.118. The Morgan fingerprint density at radius 1 is 1.18 bits per heavy atom. The van der Waals surface area contributed by atoms with Crippen LogP contribution in [0.1, 0.15) is 40.6 Å². The number of fused-ring (bicyclic) bond motifs is 1. The maximum absolute atomic E-state index is 12.5. The lowest BCUT2D eigenvalue weighted by atomic mass is 10.1. The number of ether oxygens (including phenoxy) is 2. The van der Waals surface area contributed by atoms with E-state index in [0.717, 1.165) is 24.2 Å². The molecule has 1 aromatic heterocycles. The minimum Gasteiger partial charge on any atom is -0.484 e. The van der Waals surface area contributed by atoms with Gasteiger partial charge in [-0.1, -0.05) is 6.07 Å². The number of sulfone groups is 1. The molecule has 1 aliphatic heterocycles. The van der Waals surface area contributed by atoms with Crippen LogP contribution in [0.25, 0.3) is 0 Å². The Morgan fingerprint density at radius 2 is 1.97 bits per heavy atom. The summed E-state index contributed by atoms with van der Waals surface area (Å²) in [6, 6.07) is 6.75. The first-order valence-corrected chi connectivity index (χ1v) is 13.2. The Hall–Kier alpha value is -2.92. The zero-order valence-electron chi connectivity index (χ0n) is 18.0. The van der Waals surface area contributed by atoms with E-state index in [0.29, 0.717) is 21.9 Å². The number of hydrogen-bond donors (Lipinski definition) is 2. The smallest absolute Gasteiger partial charge is 0.341 e. The highest BCUT2D eigenvalue weighted by Crippen LogP contribution is 2.38. The molecule has 1 saturated carbocycles. The molecule has 0 bridgehead atoms. The number of benzene rings is 1. The van der Waals surface area contributed by atoms with Gasteiger partial charge in [0.2, 0.25) is 5.91 Å². The molecule has 176 valence electrons. The Labute approximate surface area is 195 Å². The van der Waals surface area contributed by atoms with Crippen LogP contribution in [-0.2, 0) is 36.3 Å². The quantitative estimate of drug-likeness (QED) is 0.542. The highest BCUT2D eigenvalue weighted by Gasteiger charge is 2.32. The number of rotatable bonds is 8. The molecule has 1 fully saturated rings. The van der Waals surface area contributed by atoms with E-state index in [-0.39, 0.29) is 53.5 Å². The van der Waals surface area contributed by atoms with Crippen LogP contribution in [0.3, 0.4) is 0 Å². The van der Waals surface area contributed by atoms with E-state index in [4.69, 9.17) is 9.47 Å². The van der Waals surface area contributed by atoms with E-state index >= 15 is 0 Å². The number of thiophene rings is 1. The molecule has 11 heteroatoms. The summed E-state index contributed by atoms with van der Waals surface area (Å²) in [5.41, 5.74) is 1.41. The minimum atomic E-state index is -3.24. The molecule has 2 aliphatic rings. The van der Waals surface area contributed by atoms with E-state index in [1.807, 2.05) is 0 Å². The van der Waals surface area contributed by atoms with E-state index in [2.05, 4.69) is 10.6 Å². The highest BCUT2D eigenvalue weighted by atomic mass is 32.2. The molecule has 1 aromatic carbocycles. The van der Waals surface area contributed by atoms with Crippen molar-refractivity contribution < 1.29 is 32.3 Å². The number of nitrogens with one attached hydrogen (secondary N) is 2. The largest absolute Gasteiger partial charge is 0.484 e. The van der Waals surface area contributed by atoms with Crippen molar-refractivity contribution >= 4 is 49.6 Å². The zero-order valence-corrected chi connectivity index (χ0v) is 19.6. The van der Waals surface area contributed by atoms with Crippen molar-refractivity contribution in [2.24, 2.45) is 5.92 Å². The van der Waals surface area contributed by atoms with Crippen molar-refractivity contribution in [1.82, 2.24) is 0 Å². The Kier molecular flexibility index (Phi) is 6.71. The minimum absolute atomic E-state index is 0.0277. The Bertz CT molecular complexity index is 1200. The van der Waals surface area contributed by atoms with Gasteiger partial charge in [-0.25, -0.2) is 13.2 Å². The molecular weight excluding hydrogens is 468 g/mol. The van der Waals surface area contributed by atoms with Crippen LogP contribution in [0, 0.1) is 5.92 Å². The summed E-state index contributed by atoms with van der Waals surface area (Å²) in [6.45, 7) is 1.50. The third kappa shape index (κ3) is 5.72. The second kappa shape index (κ2) is 9.52. The Morgan fingerprint density at radius 3 is 2.70 bits per heavy atom. The van der Waals surface area contributed by atoms with E-state index in [9.17, 15) is 22.8 Å². The molecule has 0 atom stereocenters. The lowest BCUT2D eigenvalue weighted by Crippen LogP contribution is -2.22. The highest BCUT2D eigenvalue weighted by molar-refractivity contribution is 7.90. The molecular formula is C22H24N2O7S2. The van der Waals surface area contributed by atoms with Crippen molar-refractivity contribution in [2.75, 3.05) is 29.6 Å². The fourth-order valence-corrected chi connectivity index (χ4v) is 6.55. The third-order valence-electron chi connectivity index (χ3n) is 5.26. The molecule has 2 N–H and O–H groups in total. The second-order valence-electron chi connectivity index (χ2n) is 7.90. The molecule has 2 amide bonds. The molecule has 33 heavy (non-hydrogen) atoms. The number of anilines is 2. The van der Waals surface area contributed by atoms with Gasteiger partial charge in [-0.15, -0.1) is 11.3 Å². The van der Waals surface area contributed by atoms with Gasteiger partial charge in [0, 0.05) is 22.5 Å². The normalized spacial score (nSPS) is 16.4. The molecule has 9 nitrogen and oxygen atoms in total. The van der Waals surface area contributed by atoms with Crippen molar-refractivity contribution in [3.05, 3.63) is 40.3 Å². The van der Waals surface area contributed by atoms with Crippen LogP contribution in [0.2, 0.25) is 0 Å². The van der Waals surface area contributed by atoms with Gasteiger partial charge in [-0.05, 0) is 43.9 Å².